The van der Waals surface area contributed by atoms with Gasteiger partial charge in [0.1, 0.15) is 4.88 Å². The summed E-state index contributed by atoms with van der Waals surface area (Å²) in [4.78, 5) is 14.8. The van der Waals surface area contributed by atoms with Gasteiger partial charge >= 0.3 is 0 Å². The number of halogens is 1. The number of likely N-dealkylation sites (tertiary alicyclic amines) is 1. The molecule has 0 radical (unpaired) electrons. The molecule has 0 aliphatic carbocycles. The molecule has 0 saturated carbocycles. The van der Waals surface area contributed by atoms with Gasteiger partial charge in [0.25, 0.3) is 5.91 Å². The van der Waals surface area contributed by atoms with Gasteiger partial charge in [-0.25, -0.2) is 0 Å². The molecule has 3 nitrogen and oxygen atoms in total. The van der Waals surface area contributed by atoms with Crippen LogP contribution in [0.25, 0.3) is 0 Å². The largest absolute Gasteiger partial charge is 0.396 e. The molecule has 1 aliphatic rings. The standard InChI is InChI=1S/C11H14BrNO2S/c12-9-3-5-16-10(9)11(15)13-4-1-2-8(6-13)7-14/h3,5,8,14H,1-2,4,6-7H2. The molecule has 0 aromatic carbocycles. The number of carbonyl (C=O) groups excluding carboxylic acids is 1. The highest BCUT2D eigenvalue weighted by atomic mass is 79.9. The average molecular weight is 304 g/mol. The molecule has 1 saturated heterocycles. The van der Waals surface area contributed by atoms with Gasteiger partial charge in [-0.3, -0.25) is 4.79 Å². The third kappa shape index (κ3) is 2.47. The van der Waals surface area contributed by atoms with Crippen LogP contribution in [-0.2, 0) is 0 Å². The molecule has 0 spiro atoms. The summed E-state index contributed by atoms with van der Waals surface area (Å²) in [7, 11) is 0. The predicted octanol–water partition coefficient (Wildman–Crippen LogP) is 2.36. The molecule has 0 bridgehead atoms. The summed E-state index contributed by atoms with van der Waals surface area (Å²) >= 11 is 4.84. The van der Waals surface area contributed by atoms with Crippen molar-refractivity contribution in [2.45, 2.75) is 12.8 Å². The SMILES string of the molecule is O=C(c1sccc1Br)N1CCCC(CO)C1. The van der Waals surface area contributed by atoms with Gasteiger partial charge in [-0.15, -0.1) is 11.3 Å². The first-order valence-corrected chi connectivity index (χ1v) is 7.02. The Balaban J connectivity index is 2.07. The summed E-state index contributed by atoms with van der Waals surface area (Å²) in [5.74, 6) is 0.330. The monoisotopic (exact) mass is 303 g/mol. The Kier molecular flexibility index (Phi) is 4.00. The number of piperidine rings is 1. The molecule has 1 atom stereocenters. The van der Waals surface area contributed by atoms with Crippen molar-refractivity contribution in [2.75, 3.05) is 19.7 Å². The van der Waals surface area contributed by atoms with E-state index in [9.17, 15) is 4.79 Å². The zero-order valence-corrected chi connectivity index (χ0v) is 11.3. The minimum atomic E-state index is 0.0834. The zero-order chi connectivity index (χ0) is 11.5. The minimum absolute atomic E-state index is 0.0834. The van der Waals surface area contributed by atoms with Crippen LogP contribution >= 0.6 is 27.3 Å². The Bertz CT molecular complexity index is 380. The Hall–Kier alpha value is -0.390. The van der Waals surface area contributed by atoms with Crippen molar-refractivity contribution in [1.82, 2.24) is 4.90 Å². The molecule has 1 unspecified atom stereocenters. The van der Waals surface area contributed by atoms with Crippen LogP contribution in [0.2, 0.25) is 0 Å². The minimum Gasteiger partial charge on any atom is -0.396 e. The Morgan fingerprint density at radius 3 is 3.12 bits per heavy atom. The maximum Gasteiger partial charge on any atom is 0.265 e. The fraction of sp³-hybridized carbons (Fsp3) is 0.545. The van der Waals surface area contributed by atoms with E-state index >= 15 is 0 Å². The maximum atomic E-state index is 12.2. The second kappa shape index (κ2) is 5.29. The van der Waals surface area contributed by atoms with Crippen molar-refractivity contribution in [2.24, 2.45) is 5.92 Å². The number of hydrogen-bond donors (Lipinski definition) is 1. The Morgan fingerprint density at radius 1 is 1.69 bits per heavy atom. The molecule has 1 aliphatic heterocycles. The number of carbonyl (C=O) groups is 1. The lowest BCUT2D eigenvalue weighted by atomic mass is 9.99. The summed E-state index contributed by atoms with van der Waals surface area (Å²) in [5, 5.41) is 11.0. The van der Waals surface area contributed by atoms with Crippen molar-refractivity contribution >= 4 is 33.2 Å². The van der Waals surface area contributed by atoms with Gasteiger partial charge in [-0.05, 0) is 46.1 Å². The first-order valence-electron chi connectivity index (χ1n) is 5.35. The van der Waals surface area contributed by atoms with Gasteiger partial charge in [-0.2, -0.15) is 0 Å². The lowest BCUT2D eigenvalue weighted by molar-refractivity contribution is 0.0624. The molecule has 1 fully saturated rings. The molecule has 88 valence electrons. The number of thiophene rings is 1. The van der Waals surface area contributed by atoms with Gasteiger partial charge in [0, 0.05) is 24.2 Å². The molecule has 2 heterocycles. The lowest BCUT2D eigenvalue weighted by Crippen LogP contribution is -2.40. The zero-order valence-electron chi connectivity index (χ0n) is 8.86. The topological polar surface area (TPSA) is 40.5 Å². The van der Waals surface area contributed by atoms with Crippen molar-refractivity contribution < 1.29 is 9.90 Å². The van der Waals surface area contributed by atoms with Crippen LogP contribution in [0.1, 0.15) is 22.5 Å². The fourth-order valence-corrected chi connectivity index (χ4v) is 3.50. The summed E-state index contributed by atoms with van der Waals surface area (Å²) in [5.41, 5.74) is 0. The fourth-order valence-electron chi connectivity index (χ4n) is 1.99. The lowest BCUT2D eigenvalue weighted by Gasteiger charge is -2.31. The molecule has 1 amide bonds. The molecular formula is C11H14BrNO2S. The number of rotatable bonds is 2. The highest BCUT2D eigenvalue weighted by Gasteiger charge is 2.25. The van der Waals surface area contributed by atoms with Gasteiger partial charge in [-0.1, -0.05) is 0 Å². The molecule has 16 heavy (non-hydrogen) atoms. The number of hydrogen-bond acceptors (Lipinski definition) is 3. The summed E-state index contributed by atoms with van der Waals surface area (Å²) in [6.07, 6.45) is 2.01. The van der Waals surface area contributed by atoms with E-state index in [-0.39, 0.29) is 18.4 Å². The van der Waals surface area contributed by atoms with E-state index in [4.69, 9.17) is 5.11 Å². The van der Waals surface area contributed by atoms with E-state index in [0.29, 0.717) is 6.54 Å². The average Bonchev–Trinajstić information content (AvgIpc) is 2.74. The van der Waals surface area contributed by atoms with Gasteiger partial charge in [0.15, 0.2) is 0 Å². The van der Waals surface area contributed by atoms with Crippen LogP contribution in [-0.4, -0.2) is 35.6 Å². The Labute approximate surface area is 107 Å². The molecule has 1 aromatic heterocycles. The number of amides is 1. The van der Waals surface area contributed by atoms with Crippen LogP contribution in [0.5, 0.6) is 0 Å². The number of aliphatic hydroxyl groups is 1. The number of nitrogens with zero attached hydrogens (tertiary/aromatic N) is 1. The Morgan fingerprint density at radius 2 is 2.50 bits per heavy atom. The summed E-state index contributed by atoms with van der Waals surface area (Å²) in [6.45, 7) is 1.66. The normalized spacial score (nSPS) is 21.1. The van der Waals surface area contributed by atoms with Crippen molar-refractivity contribution in [1.29, 1.82) is 0 Å². The second-order valence-electron chi connectivity index (χ2n) is 4.04. The van der Waals surface area contributed by atoms with E-state index < -0.39 is 0 Å². The number of aliphatic hydroxyl groups excluding tert-OH is 1. The van der Waals surface area contributed by atoms with Crippen LogP contribution < -0.4 is 0 Å². The van der Waals surface area contributed by atoms with Gasteiger partial charge in [0.2, 0.25) is 0 Å². The van der Waals surface area contributed by atoms with Crippen molar-refractivity contribution in [3.8, 4) is 0 Å². The van der Waals surface area contributed by atoms with E-state index in [1.165, 1.54) is 11.3 Å². The first-order chi connectivity index (χ1) is 7.72. The van der Waals surface area contributed by atoms with E-state index in [0.717, 1.165) is 28.7 Å². The summed E-state index contributed by atoms with van der Waals surface area (Å²) < 4.78 is 0.869. The van der Waals surface area contributed by atoms with Gasteiger partial charge in [0.05, 0.1) is 0 Å². The molecule has 1 aromatic rings. The van der Waals surface area contributed by atoms with E-state index in [1.807, 2.05) is 16.3 Å². The van der Waals surface area contributed by atoms with Gasteiger partial charge < -0.3 is 10.0 Å². The van der Waals surface area contributed by atoms with E-state index in [2.05, 4.69) is 15.9 Å². The highest BCUT2D eigenvalue weighted by Crippen LogP contribution is 2.26. The third-order valence-electron chi connectivity index (χ3n) is 2.88. The highest BCUT2D eigenvalue weighted by molar-refractivity contribution is 9.10. The first kappa shape index (κ1) is 12.1. The smallest absolute Gasteiger partial charge is 0.265 e. The second-order valence-corrected chi connectivity index (χ2v) is 5.81. The molecule has 1 N–H and O–H groups in total. The molecule has 2 rings (SSSR count). The van der Waals surface area contributed by atoms with Crippen molar-refractivity contribution in [3.63, 3.8) is 0 Å². The quantitative estimate of drug-likeness (QED) is 0.911. The van der Waals surface area contributed by atoms with Crippen LogP contribution in [0.4, 0.5) is 0 Å². The molecule has 5 heteroatoms. The van der Waals surface area contributed by atoms with Crippen LogP contribution in [0.3, 0.4) is 0 Å². The molecular weight excluding hydrogens is 290 g/mol. The van der Waals surface area contributed by atoms with Crippen LogP contribution in [0.15, 0.2) is 15.9 Å². The maximum absolute atomic E-state index is 12.2. The van der Waals surface area contributed by atoms with E-state index in [1.54, 1.807) is 0 Å². The summed E-state index contributed by atoms with van der Waals surface area (Å²) in [6, 6.07) is 1.89. The van der Waals surface area contributed by atoms with Crippen molar-refractivity contribution in [3.05, 3.63) is 20.8 Å². The third-order valence-corrected chi connectivity index (χ3v) is 4.70. The predicted molar refractivity (Wildman–Crippen MR) is 67.7 cm³/mol. The van der Waals surface area contributed by atoms with Crippen LogP contribution in [0, 0.1) is 5.92 Å².